The van der Waals surface area contributed by atoms with Gasteiger partial charge < -0.3 is 10.0 Å². The van der Waals surface area contributed by atoms with E-state index in [0.717, 1.165) is 10.5 Å². The molecule has 2 atom stereocenters. The maximum atomic E-state index is 13.0. The number of aryl methyl sites for hydroxylation is 1. The van der Waals surface area contributed by atoms with Gasteiger partial charge in [0.25, 0.3) is 0 Å². The number of sulfonamides is 1. The first-order chi connectivity index (χ1) is 12.7. The summed E-state index contributed by atoms with van der Waals surface area (Å²) in [6.45, 7) is 4.14. The molecule has 28 heavy (non-hydrogen) atoms. The molecular weight excluding hydrogens is 397 g/mol. The first-order valence-electron chi connectivity index (χ1n) is 8.92. The number of hydrogen-bond donors (Lipinski definition) is 2. The quantitative estimate of drug-likeness (QED) is 0.736. The van der Waals surface area contributed by atoms with Crippen molar-refractivity contribution in [1.82, 2.24) is 9.62 Å². The summed E-state index contributed by atoms with van der Waals surface area (Å²) in [6, 6.07) is 4.79. The predicted octanol–water partition coefficient (Wildman–Crippen LogP) is 2.21. The Hall–Kier alpha value is -1.65. The lowest BCUT2D eigenvalue weighted by Crippen LogP contribution is -2.52. The Balaban J connectivity index is 2.22. The van der Waals surface area contributed by atoms with Crippen LogP contribution in [0.1, 0.15) is 32.3 Å². The topological polar surface area (TPSA) is 86.7 Å². The number of β-amino-alcohol motifs (C(OH)–C–C–N with tert-alkyl or cyclic N) is 1. The van der Waals surface area contributed by atoms with Crippen LogP contribution >= 0.6 is 0 Å². The van der Waals surface area contributed by atoms with Crippen molar-refractivity contribution in [2.24, 2.45) is 5.92 Å². The second-order valence-corrected chi connectivity index (χ2v) is 9.37. The monoisotopic (exact) mass is 422 g/mol. The average Bonchev–Trinajstić information content (AvgIpc) is 2.97. The number of nitrogens with zero attached hydrogens (tertiary/aromatic N) is 1. The van der Waals surface area contributed by atoms with Crippen LogP contribution in [-0.2, 0) is 14.8 Å². The number of amides is 1. The summed E-state index contributed by atoms with van der Waals surface area (Å²) >= 11 is 0. The van der Waals surface area contributed by atoms with E-state index in [1.165, 1.54) is 12.1 Å². The van der Waals surface area contributed by atoms with Crippen LogP contribution in [0.5, 0.6) is 0 Å². The van der Waals surface area contributed by atoms with Gasteiger partial charge in [-0.2, -0.15) is 17.9 Å². The lowest BCUT2D eigenvalue weighted by Gasteiger charge is -2.28. The standard InChI is InChI=1S/C18H25F3N2O4S/c1-12(2)10-15(22-28(26,27)14-6-4-13(3)5-7-14)16(24)23-9-8-17(25,11-23)18(19,20)21/h4-7,12,15,22,25H,8-11H2,1-3H3. The van der Waals surface area contributed by atoms with Gasteiger partial charge in [-0.3, -0.25) is 4.79 Å². The highest BCUT2D eigenvalue weighted by atomic mass is 32.2. The van der Waals surface area contributed by atoms with Gasteiger partial charge in [0.1, 0.15) is 6.04 Å². The molecule has 2 rings (SSSR count). The van der Waals surface area contributed by atoms with E-state index in [9.17, 15) is 31.5 Å². The van der Waals surface area contributed by atoms with Crippen LogP contribution in [-0.4, -0.2) is 55.2 Å². The van der Waals surface area contributed by atoms with Crippen molar-refractivity contribution in [2.45, 2.75) is 56.3 Å². The fourth-order valence-corrected chi connectivity index (χ4v) is 4.28. The van der Waals surface area contributed by atoms with E-state index in [2.05, 4.69) is 4.72 Å². The Morgan fingerprint density at radius 3 is 2.32 bits per heavy atom. The SMILES string of the molecule is Cc1ccc(S(=O)(=O)NC(CC(C)C)C(=O)N2CCC(O)(C(F)(F)F)C2)cc1. The molecule has 1 fully saturated rings. The Morgan fingerprint density at radius 2 is 1.86 bits per heavy atom. The van der Waals surface area contributed by atoms with Gasteiger partial charge in [0.15, 0.2) is 5.60 Å². The van der Waals surface area contributed by atoms with Crippen LogP contribution in [0.2, 0.25) is 0 Å². The molecule has 0 saturated carbocycles. The molecule has 10 heteroatoms. The average molecular weight is 422 g/mol. The molecule has 2 N–H and O–H groups in total. The highest BCUT2D eigenvalue weighted by molar-refractivity contribution is 7.89. The molecule has 1 aromatic rings. The normalized spacial score (nSPS) is 21.9. The number of carbonyl (C=O) groups is 1. The van der Waals surface area contributed by atoms with Crippen molar-refractivity contribution in [3.05, 3.63) is 29.8 Å². The van der Waals surface area contributed by atoms with Crippen molar-refractivity contribution in [3.63, 3.8) is 0 Å². The van der Waals surface area contributed by atoms with Crippen molar-refractivity contribution in [2.75, 3.05) is 13.1 Å². The number of halogens is 3. The molecule has 1 aromatic carbocycles. The second kappa shape index (κ2) is 8.00. The van der Waals surface area contributed by atoms with E-state index in [4.69, 9.17) is 0 Å². The van der Waals surface area contributed by atoms with Crippen LogP contribution in [0.4, 0.5) is 13.2 Å². The predicted molar refractivity (Wildman–Crippen MR) is 96.9 cm³/mol. The number of rotatable bonds is 6. The zero-order valence-corrected chi connectivity index (χ0v) is 16.8. The first-order valence-corrected chi connectivity index (χ1v) is 10.4. The molecule has 6 nitrogen and oxygen atoms in total. The second-order valence-electron chi connectivity index (χ2n) is 7.66. The van der Waals surface area contributed by atoms with Gasteiger partial charge in [-0.05, 0) is 31.4 Å². The fourth-order valence-electron chi connectivity index (χ4n) is 3.08. The van der Waals surface area contributed by atoms with Gasteiger partial charge in [-0.25, -0.2) is 8.42 Å². The van der Waals surface area contributed by atoms with E-state index in [-0.39, 0.29) is 23.8 Å². The van der Waals surface area contributed by atoms with Crippen molar-refractivity contribution in [3.8, 4) is 0 Å². The van der Waals surface area contributed by atoms with Crippen molar-refractivity contribution in [1.29, 1.82) is 0 Å². The summed E-state index contributed by atoms with van der Waals surface area (Å²) in [6.07, 6.45) is -5.39. The van der Waals surface area contributed by atoms with Crippen LogP contribution in [0.15, 0.2) is 29.2 Å². The summed E-state index contributed by atoms with van der Waals surface area (Å²) < 4.78 is 66.6. The lowest BCUT2D eigenvalue weighted by molar-refractivity contribution is -0.253. The summed E-state index contributed by atoms with van der Waals surface area (Å²) in [5.74, 6) is -0.858. The molecular formula is C18H25F3N2O4S. The minimum absolute atomic E-state index is 0.0344. The smallest absolute Gasteiger partial charge is 0.379 e. The van der Waals surface area contributed by atoms with E-state index in [0.29, 0.717) is 0 Å². The molecule has 2 unspecified atom stereocenters. The van der Waals surface area contributed by atoms with E-state index < -0.39 is 46.7 Å². The van der Waals surface area contributed by atoms with Crippen molar-refractivity contribution >= 4 is 15.9 Å². The molecule has 0 aliphatic carbocycles. The van der Waals surface area contributed by atoms with Gasteiger partial charge in [0.2, 0.25) is 15.9 Å². The van der Waals surface area contributed by atoms with Gasteiger partial charge >= 0.3 is 6.18 Å². The number of nitrogens with one attached hydrogen (secondary N) is 1. The van der Waals surface area contributed by atoms with E-state index >= 15 is 0 Å². The number of alkyl halides is 3. The maximum absolute atomic E-state index is 13.0. The van der Waals surface area contributed by atoms with Gasteiger partial charge in [0, 0.05) is 13.0 Å². The van der Waals surface area contributed by atoms with Crippen LogP contribution in [0.3, 0.4) is 0 Å². The molecule has 1 heterocycles. The van der Waals surface area contributed by atoms with Crippen molar-refractivity contribution < 1.29 is 31.5 Å². The largest absolute Gasteiger partial charge is 0.419 e. The Bertz CT molecular complexity index is 809. The lowest BCUT2D eigenvalue weighted by atomic mass is 10.0. The number of likely N-dealkylation sites (tertiary alicyclic amines) is 1. The molecule has 0 bridgehead atoms. The third-order valence-electron chi connectivity index (χ3n) is 4.72. The zero-order chi connectivity index (χ0) is 21.3. The Kier molecular flexibility index (Phi) is 6.47. The minimum Gasteiger partial charge on any atom is -0.379 e. The third kappa shape index (κ3) is 5.03. The maximum Gasteiger partial charge on any atom is 0.419 e. The number of aliphatic hydroxyl groups is 1. The highest BCUT2D eigenvalue weighted by Crippen LogP contribution is 2.38. The van der Waals surface area contributed by atoms with E-state index in [1.807, 2.05) is 0 Å². The van der Waals surface area contributed by atoms with Gasteiger partial charge in [-0.15, -0.1) is 0 Å². The first kappa shape index (κ1) is 22.6. The third-order valence-corrected chi connectivity index (χ3v) is 6.21. The number of benzene rings is 1. The number of hydrogen-bond acceptors (Lipinski definition) is 4. The van der Waals surface area contributed by atoms with Gasteiger partial charge in [0.05, 0.1) is 11.4 Å². The molecule has 0 spiro atoms. The van der Waals surface area contributed by atoms with Crippen LogP contribution in [0, 0.1) is 12.8 Å². The summed E-state index contributed by atoms with van der Waals surface area (Å²) in [4.78, 5) is 13.6. The Morgan fingerprint density at radius 1 is 1.29 bits per heavy atom. The summed E-state index contributed by atoms with van der Waals surface area (Å²) in [5, 5.41) is 9.79. The molecule has 158 valence electrons. The molecule has 1 saturated heterocycles. The minimum atomic E-state index is -4.86. The summed E-state index contributed by atoms with van der Waals surface area (Å²) in [7, 11) is -4.04. The zero-order valence-electron chi connectivity index (χ0n) is 16.0. The highest BCUT2D eigenvalue weighted by Gasteiger charge is 2.58. The van der Waals surface area contributed by atoms with Crippen LogP contribution in [0.25, 0.3) is 0 Å². The molecule has 1 aliphatic heterocycles. The summed E-state index contributed by atoms with van der Waals surface area (Å²) in [5.41, 5.74) is -2.11. The molecule has 1 amide bonds. The molecule has 0 aromatic heterocycles. The molecule has 1 aliphatic rings. The Labute approximate surface area is 162 Å². The fraction of sp³-hybridized carbons (Fsp3) is 0.611. The number of carbonyl (C=O) groups excluding carboxylic acids is 1. The van der Waals surface area contributed by atoms with E-state index in [1.54, 1.807) is 32.9 Å². The van der Waals surface area contributed by atoms with Gasteiger partial charge in [-0.1, -0.05) is 31.5 Å². The van der Waals surface area contributed by atoms with Crippen LogP contribution < -0.4 is 4.72 Å². The molecule has 0 radical (unpaired) electrons.